The van der Waals surface area contributed by atoms with Crippen LogP contribution in [0.2, 0.25) is 0 Å². The van der Waals surface area contributed by atoms with Crippen molar-refractivity contribution in [1.82, 2.24) is 0 Å². The van der Waals surface area contributed by atoms with Crippen molar-refractivity contribution in [2.75, 3.05) is 4.90 Å². The quantitative estimate of drug-likeness (QED) is 0.162. The van der Waals surface area contributed by atoms with Crippen LogP contribution in [0.1, 0.15) is 0 Å². The van der Waals surface area contributed by atoms with E-state index in [1.807, 2.05) is 0 Å². The number of rotatable bonds is 8. The van der Waals surface area contributed by atoms with Gasteiger partial charge >= 0.3 is 0 Å². The molecule has 0 atom stereocenters. The van der Waals surface area contributed by atoms with Gasteiger partial charge in [0, 0.05) is 16.9 Å². The van der Waals surface area contributed by atoms with Crippen molar-refractivity contribution in [3.05, 3.63) is 212 Å². The Labute approximate surface area is 289 Å². The smallest absolute Gasteiger partial charge is 0.0540 e. The summed E-state index contributed by atoms with van der Waals surface area (Å²) in [6.45, 7) is 0. The van der Waals surface area contributed by atoms with Crippen LogP contribution >= 0.6 is 0 Å². The lowest BCUT2D eigenvalue weighted by Crippen LogP contribution is -2.11. The SMILES string of the molecule is c1ccc(-c2ccc(N(c3ccccc3)c3ccccc3-c3ccccc3-c3ccc(-c4ccccc4)cc3-c3ccccc3)cc2)cc1. The Balaban J connectivity index is 1.29. The van der Waals surface area contributed by atoms with Gasteiger partial charge in [-0.25, -0.2) is 0 Å². The number of benzene rings is 8. The van der Waals surface area contributed by atoms with Crippen LogP contribution in [0, 0.1) is 0 Å². The maximum atomic E-state index is 2.37. The molecule has 232 valence electrons. The first kappa shape index (κ1) is 29.9. The molecular formula is C48H35N. The van der Waals surface area contributed by atoms with Gasteiger partial charge in [0.1, 0.15) is 0 Å². The van der Waals surface area contributed by atoms with Crippen LogP contribution < -0.4 is 4.90 Å². The fourth-order valence-electron chi connectivity index (χ4n) is 6.73. The summed E-state index contributed by atoms with van der Waals surface area (Å²) < 4.78 is 0. The topological polar surface area (TPSA) is 3.24 Å². The fraction of sp³-hybridized carbons (Fsp3) is 0. The molecule has 0 aliphatic carbocycles. The largest absolute Gasteiger partial charge is 0.310 e. The van der Waals surface area contributed by atoms with Gasteiger partial charge in [-0.05, 0) is 86.5 Å². The van der Waals surface area contributed by atoms with E-state index in [4.69, 9.17) is 0 Å². The highest BCUT2D eigenvalue weighted by atomic mass is 15.1. The molecule has 0 aromatic heterocycles. The van der Waals surface area contributed by atoms with Crippen LogP contribution in [0.25, 0.3) is 55.6 Å². The molecule has 8 aromatic rings. The van der Waals surface area contributed by atoms with Crippen molar-refractivity contribution in [1.29, 1.82) is 0 Å². The van der Waals surface area contributed by atoms with Crippen molar-refractivity contribution in [2.24, 2.45) is 0 Å². The van der Waals surface area contributed by atoms with Crippen LogP contribution in [-0.2, 0) is 0 Å². The van der Waals surface area contributed by atoms with Gasteiger partial charge in [0.05, 0.1) is 5.69 Å². The standard InChI is InChI=1S/C48H35N/c1-5-17-36(18-6-1)38-29-32-42(33-30-38)49(41-23-11-4-12-24-41)48-28-16-15-27-46(48)44-26-14-13-25-43(44)45-34-31-40(37-19-7-2-8-20-37)35-47(45)39-21-9-3-10-22-39/h1-35H. The zero-order valence-electron chi connectivity index (χ0n) is 27.2. The molecule has 0 amide bonds. The van der Waals surface area contributed by atoms with E-state index in [2.05, 4.69) is 217 Å². The lowest BCUT2D eigenvalue weighted by Gasteiger charge is -2.28. The van der Waals surface area contributed by atoms with Crippen LogP contribution in [0.15, 0.2) is 212 Å². The molecule has 0 bridgehead atoms. The van der Waals surface area contributed by atoms with Gasteiger partial charge in [0.2, 0.25) is 0 Å². The Morgan fingerprint density at radius 2 is 0.612 bits per heavy atom. The molecule has 0 saturated heterocycles. The summed E-state index contributed by atoms with van der Waals surface area (Å²) in [6, 6.07) is 76.0. The Hall–Kier alpha value is -6.44. The first-order valence-corrected chi connectivity index (χ1v) is 16.8. The van der Waals surface area contributed by atoms with E-state index in [9.17, 15) is 0 Å². The van der Waals surface area contributed by atoms with Gasteiger partial charge in [-0.3, -0.25) is 0 Å². The van der Waals surface area contributed by atoms with E-state index in [0.29, 0.717) is 0 Å². The second-order valence-electron chi connectivity index (χ2n) is 12.1. The molecule has 8 rings (SSSR count). The second-order valence-corrected chi connectivity index (χ2v) is 12.1. The van der Waals surface area contributed by atoms with Gasteiger partial charge in [-0.1, -0.05) is 176 Å². The summed E-state index contributed by atoms with van der Waals surface area (Å²) in [5.41, 5.74) is 15.3. The highest BCUT2D eigenvalue weighted by Gasteiger charge is 2.20. The van der Waals surface area contributed by atoms with Crippen LogP contribution in [0.4, 0.5) is 17.1 Å². The maximum Gasteiger partial charge on any atom is 0.0540 e. The highest BCUT2D eigenvalue weighted by Crippen LogP contribution is 2.45. The highest BCUT2D eigenvalue weighted by molar-refractivity contribution is 5.98. The van der Waals surface area contributed by atoms with Crippen molar-refractivity contribution in [3.8, 4) is 55.6 Å². The molecule has 8 aromatic carbocycles. The molecule has 0 radical (unpaired) electrons. The van der Waals surface area contributed by atoms with E-state index in [0.717, 1.165) is 17.1 Å². The van der Waals surface area contributed by atoms with Gasteiger partial charge < -0.3 is 4.90 Å². The molecule has 0 heterocycles. The van der Waals surface area contributed by atoms with Crippen molar-refractivity contribution in [3.63, 3.8) is 0 Å². The zero-order chi connectivity index (χ0) is 32.8. The molecular weight excluding hydrogens is 591 g/mol. The maximum absolute atomic E-state index is 2.37. The monoisotopic (exact) mass is 625 g/mol. The van der Waals surface area contributed by atoms with Crippen LogP contribution in [-0.4, -0.2) is 0 Å². The van der Waals surface area contributed by atoms with Crippen LogP contribution in [0.5, 0.6) is 0 Å². The first-order chi connectivity index (χ1) is 24.3. The molecule has 0 saturated carbocycles. The summed E-state index contributed by atoms with van der Waals surface area (Å²) in [6.07, 6.45) is 0. The van der Waals surface area contributed by atoms with E-state index < -0.39 is 0 Å². The summed E-state index contributed by atoms with van der Waals surface area (Å²) in [5, 5.41) is 0. The molecule has 0 fully saturated rings. The van der Waals surface area contributed by atoms with Gasteiger partial charge in [0.15, 0.2) is 0 Å². The van der Waals surface area contributed by atoms with Gasteiger partial charge in [-0.2, -0.15) is 0 Å². The number of hydrogen-bond donors (Lipinski definition) is 0. The first-order valence-electron chi connectivity index (χ1n) is 16.8. The van der Waals surface area contributed by atoms with Gasteiger partial charge in [0.25, 0.3) is 0 Å². The minimum atomic E-state index is 1.10. The Bertz CT molecular complexity index is 2290. The third kappa shape index (κ3) is 6.18. The van der Waals surface area contributed by atoms with Crippen molar-refractivity contribution < 1.29 is 0 Å². The molecule has 0 N–H and O–H groups in total. The average molecular weight is 626 g/mol. The molecule has 0 aliphatic heterocycles. The normalized spacial score (nSPS) is 10.9. The Morgan fingerprint density at radius 1 is 0.224 bits per heavy atom. The third-order valence-corrected chi connectivity index (χ3v) is 9.11. The van der Waals surface area contributed by atoms with Crippen molar-refractivity contribution >= 4 is 17.1 Å². The summed E-state index contributed by atoms with van der Waals surface area (Å²) >= 11 is 0. The fourth-order valence-corrected chi connectivity index (χ4v) is 6.73. The zero-order valence-corrected chi connectivity index (χ0v) is 27.2. The van der Waals surface area contributed by atoms with E-state index in [1.165, 1.54) is 55.6 Å². The average Bonchev–Trinajstić information content (AvgIpc) is 3.20. The second kappa shape index (κ2) is 13.7. The third-order valence-electron chi connectivity index (χ3n) is 9.11. The molecule has 0 aliphatic rings. The number of hydrogen-bond acceptors (Lipinski definition) is 1. The molecule has 1 heteroatoms. The van der Waals surface area contributed by atoms with E-state index in [-0.39, 0.29) is 0 Å². The Morgan fingerprint density at radius 3 is 1.22 bits per heavy atom. The van der Waals surface area contributed by atoms with Crippen LogP contribution in [0.3, 0.4) is 0 Å². The van der Waals surface area contributed by atoms with Crippen molar-refractivity contribution in [2.45, 2.75) is 0 Å². The minimum Gasteiger partial charge on any atom is -0.310 e. The summed E-state index contributed by atoms with van der Waals surface area (Å²) in [7, 11) is 0. The Kier molecular flexibility index (Phi) is 8.39. The molecule has 0 unspecified atom stereocenters. The molecule has 49 heavy (non-hydrogen) atoms. The summed E-state index contributed by atoms with van der Waals surface area (Å²) in [4.78, 5) is 2.37. The minimum absolute atomic E-state index is 1.10. The lowest BCUT2D eigenvalue weighted by molar-refractivity contribution is 1.28. The predicted octanol–water partition coefficient (Wildman–Crippen LogP) is 13.5. The van der Waals surface area contributed by atoms with E-state index in [1.54, 1.807) is 0 Å². The lowest BCUT2D eigenvalue weighted by atomic mass is 9.87. The number of para-hydroxylation sites is 2. The predicted molar refractivity (Wildman–Crippen MR) is 208 cm³/mol. The molecule has 0 spiro atoms. The number of nitrogens with zero attached hydrogens (tertiary/aromatic N) is 1. The van der Waals surface area contributed by atoms with Gasteiger partial charge in [-0.15, -0.1) is 0 Å². The molecule has 1 nitrogen and oxygen atoms in total. The van der Waals surface area contributed by atoms with E-state index >= 15 is 0 Å². The number of anilines is 3. The summed E-state index contributed by atoms with van der Waals surface area (Å²) in [5.74, 6) is 0.